The van der Waals surface area contributed by atoms with Crippen LogP contribution in [0.15, 0.2) is 12.1 Å². The molecule has 0 atom stereocenters. The minimum Gasteiger partial charge on any atom is -0.493 e. The zero-order chi connectivity index (χ0) is 17.7. The first-order chi connectivity index (χ1) is 11.5. The van der Waals surface area contributed by atoms with Gasteiger partial charge in [0.2, 0.25) is 5.75 Å². The Morgan fingerprint density at radius 1 is 1.12 bits per heavy atom. The van der Waals surface area contributed by atoms with Crippen LogP contribution >= 0.6 is 0 Å². The van der Waals surface area contributed by atoms with Crippen LogP contribution in [0, 0.1) is 0 Å². The van der Waals surface area contributed by atoms with E-state index in [9.17, 15) is 4.79 Å². The predicted molar refractivity (Wildman–Crippen MR) is 93.5 cm³/mol. The molecule has 0 aliphatic heterocycles. The van der Waals surface area contributed by atoms with Crippen LogP contribution in [-0.4, -0.2) is 64.3 Å². The monoisotopic (exact) mass is 335 g/mol. The molecule has 2 aromatic rings. The average molecular weight is 335 g/mol. The Bertz CT molecular complexity index is 709. The van der Waals surface area contributed by atoms with Gasteiger partial charge in [0.1, 0.15) is 5.69 Å². The van der Waals surface area contributed by atoms with Crippen molar-refractivity contribution in [1.82, 2.24) is 15.2 Å². The van der Waals surface area contributed by atoms with E-state index in [0.29, 0.717) is 29.5 Å². The largest absolute Gasteiger partial charge is 0.493 e. The lowest BCUT2D eigenvalue weighted by Gasteiger charge is -2.12. The molecule has 24 heavy (non-hydrogen) atoms. The topological polar surface area (TPSA) is 75.8 Å². The van der Waals surface area contributed by atoms with Gasteiger partial charge in [0.25, 0.3) is 5.91 Å². The molecule has 0 aliphatic carbocycles. The highest BCUT2D eigenvalue weighted by molar-refractivity contribution is 6.01. The molecule has 0 aliphatic rings. The number of amides is 1. The first kappa shape index (κ1) is 17.9. The molecule has 132 valence electrons. The van der Waals surface area contributed by atoms with E-state index in [0.717, 1.165) is 23.9 Å². The van der Waals surface area contributed by atoms with Crippen molar-refractivity contribution in [3.05, 3.63) is 17.8 Å². The van der Waals surface area contributed by atoms with E-state index in [1.165, 1.54) is 0 Å². The summed E-state index contributed by atoms with van der Waals surface area (Å²) in [5.41, 5.74) is 1.23. The maximum Gasteiger partial charge on any atom is 0.267 e. The first-order valence-electron chi connectivity index (χ1n) is 7.76. The van der Waals surface area contributed by atoms with Crippen molar-refractivity contribution < 1.29 is 19.0 Å². The second-order valence-corrected chi connectivity index (χ2v) is 5.70. The molecule has 2 N–H and O–H groups in total. The molecule has 7 heteroatoms. The number of nitrogens with zero attached hydrogens (tertiary/aromatic N) is 1. The number of aromatic nitrogens is 1. The molecule has 0 bridgehead atoms. The molecule has 0 fully saturated rings. The predicted octanol–water partition coefficient (Wildman–Crippen LogP) is 1.88. The van der Waals surface area contributed by atoms with Crippen LogP contribution in [0.3, 0.4) is 0 Å². The van der Waals surface area contributed by atoms with Crippen LogP contribution in [0.4, 0.5) is 0 Å². The summed E-state index contributed by atoms with van der Waals surface area (Å²) in [7, 11) is 8.69. The third-order valence-electron chi connectivity index (χ3n) is 3.74. The molecule has 1 aromatic carbocycles. The zero-order valence-corrected chi connectivity index (χ0v) is 14.9. The molecular weight excluding hydrogens is 310 g/mol. The number of methoxy groups -OCH3 is 3. The number of H-pyrrole nitrogens is 1. The summed E-state index contributed by atoms with van der Waals surface area (Å²) in [5, 5.41) is 3.68. The van der Waals surface area contributed by atoms with Gasteiger partial charge in [-0.2, -0.15) is 0 Å². The maximum atomic E-state index is 12.3. The fraction of sp³-hybridized carbons (Fsp3) is 0.471. The molecule has 0 saturated carbocycles. The summed E-state index contributed by atoms with van der Waals surface area (Å²) in [6.07, 6.45) is 0.893. The van der Waals surface area contributed by atoms with Crippen molar-refractivity contribution >= 4 is 16.8 Å². The number of fused-ring (bicyclic) bond motifs is 1. The molecular formula is C17H25N3O4. The number of hydrogen-bond acceptors (Lipinski definition) is 5. The standard InChI is InChI=1S/C17H25N3O4/c1-20(2)8-6-7-18-17(21)13-9-11-12(19-13)10-14(22-3)16(24-5)15(11)23-4/h9-10,19H,6-8H2,1-5H3,(H,18,21). The van der Waals surface area contributed by atoms with Crippen molar-refractivity contribution in [3.63, 3.8) is 0 Å². The van der Waals surface area contributed by atoms with Gasteiger partial charge in [0.15, 0.2) is 11.5 Å². The quantitative estimate of drug-likeness (QED) is 0.721. The molecule has 0 radical (unpaired) electrons. The Morgan fingerprint density at radius 2 is 1.83 bits per heavy atom. The number of carbonyl (C=O) groups excluding carboxylic acids is 1. The number of benzene rings is 1. The second-order valence-electron chi connectivity index (χ2n) is 5.70. The van der Waals surface area contributed by atoms with Crippen molar-refractivity contribution in [2.75, 3.05) is 48.5 Å². The van der Waals surface area contributed by atoms with E-state index in [1.807, 2.05) is 14.1 Å². The van der Waals surface area contributed by atoms with Gasteiger partial charge in [-0.3, -0.25) is 4.79 Å². The highest BCUT2D eigenvalue weighted by atomic mass is 16.5. The number of hydrogen-bond donors (Lipinski definition) is 2. The third kappa shape index (κ3) is 3.73. The van der Waals surface area contributed by atoms with Gasteiger partial charge in [-0.1, -0.05) is 0 Å². The van der Waals surface area contributed by atoms with Crippen molar-refractivity contribution in [1.29, 1.82) is 0 Å². The molecule has 7 nitrogen and oxygen atoms in total. The number of carbonyl (C=O) groups is 1. The average Bonchev–Trinajstić information content (AvgIpc) is 3.00. The van der Waals surface area contributed by atoms with Gasteiger partial charge < -0.3 is 29.4 Å². The Morgan fingerprint density at radius 3 is 2.42 bits per heavy atom. The van der Waals surface area contributed by atoms with Crippen molar-refractivity contribution in [2.24, 2.45) is 0 Å². The Hall–Kier alpha value is -2.41. The fourth-order valence-corrected chi connectivity index (χ4v) is 2.57. The van der Waals surface area contributed by atoms with Crippen LogP contribution in [0.1, 0.15) is 16.9 Å². The summed E-state index contributed by atoms with van der Waals surface area (Å²) < 4.78 is 16.1. The van der Waals surface area contributed by atoms with Crippen molar-refractivity contribution in [2.45, 2.75) is 6.42 Å². The van der Waals surface area contributed by atoms with Gasteiger partial charge in [-0.15, -0.1) is 0 Å². The van der Waals surface area contributed by atoms with E-state index in [-0.39, 0.29) is 5.91 Å². The van der Waals surface area contributed by atoms with E-state index in [2.05, 4.69) is 15.2 Å². The summed E-state index contributed by atoms with van der Waals surface area (Å²) >= 11 is 0. The van der Waals surface area contributed by atoms with Crippen LogP contribution in [0.5, 0.6) is 17.2 Å². The Kier molecular flexibility index (Phi) is 5.92. The molecule has 0 saturated heterocycles. The van der Waals surface area contributed by atoms with Crippen LogP contribution < -0.4 is 19.5 Å². The summed E-state index contributed by atoms with van der Waals surface area (Å²) in [4.78, 5) is 17.5. The highest BCUT2D eigenvalue weighted by Gasteiger charge is 2.19. The number of ether oxygens (including phenoxy) is 3. The van der Waals surface area contributed by atoms with Crippen LogP contribution in [0.2, 0.25) is 0 Å². The Labute approximate surface area is 141 Å². The number of nitrogens with one attached hydrogen (secondary N) is 2. The van der Waals surface area contributed by atoms with E-state index in [4.69, 9.17) is 14.2 Å². The molecule has 1 aromatic heterocycles. The molecule has 1 amide bonds. The first-order valence-corrected chi connectivity index (χ1v) is 7.76. The lowest BCUT2D eigenvalue weighted by Crippen LogP contribution is -2.27. The lowest BCUT2D eigenvalue weighted by atomic mass is 10.2. The zero-order valence-electron chi connectivity index (χ0n) is 14.9. The van der Waals surface area contributed by atoms with E-state index in [1.54, 1.807) is 33.5 Å². The maximum absolute atomic E-state index is 12.3. The Balaban J connectivity index is 2.25. The minimum atomic E-state index is -0.148. The summed E-state index contributed by atoms with van der Waals surface area (Å²) in [6.45, 7) is 1.55. The number of aromatic amines is 1. The summed E-state index contributed by atoms with van der Waals surface area (Å²) in [5.74, 6) is 1.44. The molecule has 0 spiro atoms. The highest BCUT2D eigenvalue weighted by Crippen LogP contribution is 2.43. The number of rotatable bonds is 8. The van der Waals surface area contributed by atoms with Gasteiger partial charge in [-0.05, 0) is 33.1 Å². The second kappa shape index (κ2) is 7.92. The third-order valence-corrected chi connectivity index (χ3v) is 3.74. The van der Waals surface area contributed by atoms with Crippen LogP contribution in [0.25, 0.3) is 10.9 Å². The lowest BCUT2D eigenvalue weighted by molar-refractivity contribution is 0.0948. The SMILES string of the molecule is COc1cc2[nH]c(C(=O)NCCCN(C)C)cc2c(OC)c1OC. The van der Waals surface area contributed by atoms with Crippen molar-refractivity contribution in [3.8, 4) is 17.2 Å². The molecule has 2 rings (SSSR count). The van der Waals surface area contributed by atoms with Gasteiger partial charge in [0.05, 0.1) is 26.8 Å². The normalized spacial score (nSPS) is 10.9. The van der Waals surface area contributed by atoms with Gasteiger partial charge >= 0.3 is 0 Å². The van der Waals surface area contributed by atoms with Crippen LogP contribution in [-0.2, 0) is 0 Å². The van der Waals surface area contributed by atoms with E-state index >= 15 is 0 Å². The van der Waals surface area contributed by atoms with Gasteiger partial charge in [-0.25, -0.2) is 0 Å². The fourth-order valence-electron chi connectivity index (χ4n) is 2.57. The molecule has 0 unspecified atom stereocenters. The van der Waals surface area contributed by atoms with E-state index < -0.39 is 0 Å². The molecule has 1 heterocycles. The van der Waals surface area contributed by atoms with Gasteiger partial charge in [0, 0.05) is 18.0 Å². The summed E-state index contributed by atoms with van der Waals surface area (Å²) in [6, 6.07) is 3.55. The smallest absolute Gasteiger partial charge is 0.267 e. The minimum absolute atomic E-state index is 0.148.